The first-order valence-corrected chi connectivity index (χ1v) is 8.79. The quantitative estimate of drug-likeness (QED) is 0.747. The van der Waals surface area contributed by atoms with Crippen LogP contribution in [0, 0.1) is 0 Å². The third-order valence-electron chi connectivity index (χ3n) is 4.17. The van der Waals surface area contributed by atoms with Gasteiger partial charge >= 0.3 is 0 Å². The van der Waals surface area contributed by atoms with E-state index in [1.165, 1.54) is 16.7 Å². The lowest BCUT2D eigenvalue weighted by Crippen LogP contribution is -2.25. The van der Waals surface area contributed by atoms with Gasteiger partial charge < -0.3 is 10.1 Å². The van der Waals surface area contributed by atoms with Crippen LogP contribution in [0.15, 0.2) is 48.5 Å². The van der Waals surface area contributed by atoms with E-state index in [1.54, 1.807) is 0 Å². The predicted molar refractivity (Wildman–Crippen MR) is 101 cm³/mol. The van der Waals surface area contributed by atoms with Crippen molar-refractivity contribution in [2.45, 2.75) is 46.4 Å². The fraction of sp³-hybridized carbons (Fsp3) is 0.429. The molecule has 0 saturated heterocycles. The largest absolute Gasteiger partial charge is 0.494 e. The van der Waals surface area contributed by atoms with E-state index in [4.69, 9.17) is 4.74 Å². The van der Waals surface area contributed by atoms with Gasteiger partial charge in [-0.1, -0.05) is 36.4 Å². The normalized spacial score (nSPS) is 11.2. The SMILES string of the molecule is CCOc1cccc(CNCc2cccc(CN(C)C(C)C)c2)c1. The summed E-state index contributed by atoms with van der Waals surface area (Å²) in [6, 6.07) is 17.7. The Balaban J connectivity index is 1.87. The Bertz CT molecular complexity index is 625. The number of hydrogen-bond donors (Lipinski definition) is 1. The molecule has 3 nitrogen and oxygen atoms in total. The minimum Gasteiger partial charge on any atom is -0.494 e. The molecule has 0 radical (unpaired) electrons. The highest BCUT2D eigenvalue weighted by molar-refractivity contribution is 5.28. The summed E-state index contributed by atoms with van der Waals surface area (Å²) in [6.07, 6.45) is 0. The topological polar surface area (TPSA) is 24.5 Å². The van der Waals surface area contributed by atoms with E-state index in [2.05, 4.69) is 67.5 Å². The van der Waals surface area contributed by atoms with Crippen molar-refractivity contribution in [2.24, 2.45) is 0 Å². The monoisotopic (exact) mass is 326 g/mol. The number of ether oxygens (including phenoxy) is 1. The van der Waals surface area contributed by atoms with Gasteiger partial charge in [0.2, 0.25) is 0 Å². The average Bonchev–Trinajstić information content (AvgIpc) is 2.56. The van der Waals surface area contributed by atoms with Gasteiger partial charge in [-0.2, -0.15) is 0 Å². The summed E-state index contributed by atoms with van der Waals surface area (Å²) in [4.78, 5) is 2.35. The molecule has 130 valence electrons. The Morgan fingerprint density at radius 2 is 1.58 bits per heavy atom. The lowest BCUT2D eigenvalue weighted by Gasteiger charge is -2.21. The third-order valence-corrected chi connectivity index (χ3v) is 4.17. The smallest absolute Gasteiger partial charge is 0.119 e. The molecule has 0 bridgehead atoms. The van der Waals surface area contributed by atoms with Crippen molar-refractivity contribution in [3.05, 3.63) is 65.2 Å². The second kappa shape index (κ2) is 9.45. The molecule has 0 aromatic heterocycles. The first kappa shape index (κ1) is 18.5. The summed E-state index contributed by atoms with van der Waals surface area (Å²) < 4.78 is 5.55. The van der Waals surface area contributed by atoms with Gasteiger partial charge in [-0.15, -0.1) is 0 Å². The van der Waals surface area contributed by atoms with Crippen LogP contribution < -0.4 is 10.1 Å². The number of nitrogens with zero attached hydrogens (tertiary/aromatic N) is 1. The molecule has 2 rings (SSSR count). The Morgan fingerprint density at radius 3 is 2.25 bits per heavy atom. The molecule has 0 amide bonds. The summed E-state index contributed by atoms with van der Waals surface area (Å²) in [5, 5.41) is 3.52. The van der Waals surface area contributed by atoms with E-state index in [-0.39, 0.29) is 0 Å². The van der Waals surface area contributed by atoms with Crippen molar-refractivity contribution in [3.63, 3.8) is 0 Å². The van der Waals surface area contributed by atoms with E-state index >= 15 is 0 Å². The zero-order valence-corrected chi connectivity index (χ0v) is 15.4. The molecule has 0 atom stereocenters. The average molecular weight is 326 g/mol. The zero-order valence-electron chi connectivity index (χ0n) is 15.4. The van der Waals surface area contributed by atoms with E-state index in [0.29, 0.717) is 12.6 Å². The standard InChI is InChI=1S/C21H30N2O/c1-5-24-21-11-7-9-19(13-21)15-22-14-18-8-6-10-20(12-18)16-23(4)17(2)3/h6-13,17,22H,5,14-16H2,1-4H3. The van der Waals surface area contributed by atoms with Crippen molar-refractivity contribution in [1.82, 2.24) is 10.2 Å². The van der Waals surface area contributed by atoms with E-state index in [1.807, 2.05) is 19.1 Å². The summed E-state index contributed by atoms with van der Waals surface area (Å²) in [5.41, 5.74) is 3.94. The predicted octanol–water partition coefficient (Wildman–Crippen LogP) is 4.22. The molecule has 24 heavy (non-hydrogen) atoms. The summed E-state index contributed by atoms with van der Waals surface area (Å²) in [5.74, 6) is 0.940. The van der Waals surface area contributed by atoms with Crippen LogP contribution in [0.25, 0.3) is 0 Å². The van der Waals surface area contributed by atoms with E-state index < -0.39 is 0 Å². The second-order valence-electron chi connectivity index (χ2n) is 6.51. The molecule has 0 aliphatic heterocycles. The van der Waals surface area contributed by atoms with Crippen LogP contribution in [0.4, 0.5) is 0 Å². The molecule has 0 fully saturated rings. The molecular weight excluding hydrogens is 296 g/mol. The van der Waals surface area contributed by atoms with Crippen molar-refractivity contribution in [2.75, 3.05) is 13.7 Å². The number of hydrogen-bond acceptors (Lipinski definition) is 3. The van der Waals surface area contributed by atoms with Gasteiger partial charge in [0.05, 0.1) is 6.61 Å². The molecule has 1 N–H and O–H groups in total. The maximum absolute atomic E-state index is 5.55. The van der Waals surface area contributed by atoms with Crippen LogP contribution >= 0.6 is 0 Å². The van der Waals surface area contributed by atoms with Crippen LogP contribution in [0.5, 0.6) is 5.75 Å². The molecule has 0 aliphatic rings. The van der Waals surface area contributed by atoms with Crippen molar-refractivity contribution < 1.29 is 4.74 Å². The van der Waals surface area contributed by atoms with Gasteiger partial charge in [0, 0.05) is 25.7 Å². The Morgan fingerprint density at radius 1 is 0.958 bits per heavy atom. The Hall–Kier alpha value is -1.84. The third kappa shape index (κ3) is 5.99. The van der Waals surface area contributed by atoms with Gasteiger partial charge in [0.1, 0.15) is 5.75 Å². The molecular formula is C21H30N2O. The van der Waals surface area contributed by atoms with Crippen LogP contribution in [-0.2, 0) is 19.6 Å². The Kier molecular flexibility index (Phi) is 7.29. The second-order valence-corrected chi connectivity index (χ2v) is 6.51. The highest BCUT2D eigenvalue weighted by atomic mass is 16.5. The van der Waals surface area contributed by atoms with Crippen LogP contribution in [-0.4, -0.2) is 24.6 Å². The highest BCUT2D eigenvalue weighted by Gasteiger charge is 2.05. The molecule has 0 aliphatic carbocycles. The number of nitrogens with one attached hydrogen (secondary N) is 1. The van der Waals surface area contributed by atoms with Gasteiger partial charge in [-0.3, -0.25) is 4.90 Å². The van der Waals surface area contributed by atoms with Gasteiger partial charge in [0.25, 0.3) is 0 Å². The minimum absolute atomic E-state index is 0.560. The van der Waals surface area contributed by atoms with Crippen molar-refractivity contribution in [3.8, 4) is 5.75 Å². The fourth-order valence-corrected chi connectivity index (χ4v) is 2.57. The van der Waals surface area contributed by atoms with E-state index in [0.717, 1.165) is 25.4 Å². The Labute approximate surface area is 146 Å². The molecule has 0 unspecified atom stereocenters. The lowest BCUT2D eigenvalue weighted by atomic mass is 10.1. The maximum Gasteiger partial charge on any atom is 0.119 e. The molecule has 0 saturated carbocycles. The number of benzene rings is 2. The fourth-order valence-electron chi connectivity index (χ4n) is 2.57. The molecule has 0 heterocycles. The van der Waals surface area contributed by atoms with Crippen LogP contribution in [0.2, 0.25) is 0 Å². The zero-order chi connectivity index (χ0) is 17.4. The van der Waals surface area contributed by atoms with E-state index in [9.17, 15) is 0 Å². The van der Waals surface area contributed by atoms with Gasteiger partial charge in [-0.25, -0.2) is 0 Å². The maximum atomic E-state index is 5.55. The highest BCUT2D eigenvalue weighted by Crippen LogP contribution is 2.14. The van der Waals surface area contributed by atoms with Gasteiger partial charge in [-0.05, 0) is 56.6 Å². The molecule has 0 spiro atoms. The number of rotatable bonds is 9. The van der Waals surface area contributed by atoms with Gasteiger partial charge in [0.15, 0.2) is 0 Å². The first-order chi connectivity index (χ1) is 11.6. The summed E-state index contributed by atoms with van der Waals surface area (Å²) in [7, 11) is 2.17. The summed E-state index contributed by atoms with van der Waals surface area (Å²) in [6.45, 7) is 9.86. The molecule has 2 aromatic rings. The van der Waals surface area contributed by atoms with Crippen LogP contribution in [0.3, 0.4) is 0 Å². The van der Waals surface area contributed by atoms with Crippen molar-refractivity contribution >= 4 is 0 Å². The molecule has 2 aromatic carbocycles. The lowest BCUT2D eigenvalue weighted by molar-refractivity contribution is 0.266. The first-order valence-electron chi connectivity index (χ1n) is 8.79. The molecule has 3 heteroatoms. The van der Waals surface area contributed by atoms with Crippen molar-refractivity contribution in [1.29, 1.82) is 0 Å². The minimum atomic E-state index is 0.560. The van der Waals surface area contributed by atoms with Crippen LogP contribution in [0.1, 0.15) is 37.5 Å². The summed E-state index contributed by atoms with van der Waals surface area (Å²) >= 11 is 0.